The van der Waals surface area contributed by atoms with Gasteiger partial charge in [-0.15, -0.1) is 0 Å². The quantitative estimate of drug-likeness (QED) is 0.150. The Morgan fingerprint density at radius 1 is 1.02 bits per heavy atom. The van der Waals surface area contributed by atoms with E-state index in [0.717, 1.165) is 29.3 Å². The molecule has 3 aromatic carbocycles. The van der Waals surface area contributed by atoms with Gasteiger partial charge in [0.1, 0.15) is 24.1 Å². The van der Waals surface area contributed by atoms with Crippen LogP contribution in [0.4, 0.5) is 13.6 Å². The molecule has 4 aromatic rings. The smallest absolute Gasteiger partial charge is 0.434 e. The van der Waals surface area contributed by atoms with Crippen LogP contribution < -0.4 is 5.32 Å². The number of benzene rings is 3. The Labute approximate surface area is 244 Å². The molecule has 1 aromatic heterocycles. The Morgan fingerprint density at radius 2 is 1.67 bits per heavy atom. The molecule has 0 unspecified atom stereocenters. The minimum Gasteiger partial charge on any atom is -0.443 e. The van der Waals surface area contributed by atoms with Crippen molar-refractivity contribution in [3.8, 4) is 11.3 Å². The average molecular weight is 579 g/mol. The van der Waals surface area contributed by atoms with Gasteiger partial charge in [0, 0.05) is 24.8 Å². The average Bonchev–Trinajstić information content (AvgIpc) is 3.36. The number of nitrogens with one attached hydrogen (secondary N) is 1. The van der Waals surface area contributed by atoms with Crippen molar-refractivity contribution in [3.05, 3.63) is 114 Å². The number of ether oxygens (including phenoxy) is 1. The third kappa shape index (κ3) is 8.22. The van der Waals surface area contributed by atoms with Crippen molar-refractivity contribution < 1.29 is 28.6 Å². The van der Waals surface area contributed by atoms with Gasteiger partial charge in [-0.05, 0) is 34.7 Å². The number of hydroxylamine groups is 2. The summed E-state index contributed by atoms with van der Waals surface area (Å²) >= 11 is 0. The van der Waals surface area contributed by atoms with Gasteiger partial charge in [0.05, 0.1) is 24.4 Å². The van der Waals surface area contributed by atoms with Crippen molar-refractivity contribution in [2.75, 3.05) is 13.1 Å². The number of aliphatic hydroxyl groups is 1. The lowest BCUT2D eigenvalue weighted by atomic mass is 9.86. The van der Waals surface area contributed by atoms with Crippen molar-refractivity contribution in [2.24, 2.45) is 5.41 Å². The summed E-state index contributed by atoms with van der Waals surface area (Å²) in [5.41, 5.74) is 1.63. The molecule has 0 radical (unpaired) electrons. The number of aliphatic hydroxyl groups excluding tert-OH is 1. The molecule has 0 aliphatic heterocycles. The minimum absolute atomic E-state index is 0.00712. The number of halogens is 2. The largest absolute Gasteiger partial charge is 0.443 e. The fraction of sp³-hybridized carbons (Fsp3) is 0.312. The molecule has 1 amide bonds. The summed E-state index contributed by atoms with van der Waals surface area (Å²) in [5.74, 6) is -0.611. The topological polar surface area (TPSA) is 99.9 Å². The van der Waals surface area contributed by atoms with Gasteiger partial charge in [0.25, 0.3) is 0 Å². The maximum Gasteiger partial charge on any atom is 0.434 e. The normalized spacial score (nSPS) is 13.0. The SMILES string of the molecule is CC(C)(C)[C@@H](NC[C@@H](O)CN(O)C(=O)OCc1ccccc1)c1nc(-c2cc(F)ccc2F)cn1Cc1ccccc1. The van der Waals surface area contributed by atoms with E-state index in [1.54, 1.807) is 18.3 Å². The van der Waals surface area contributed by atoms with E-state index in [1.807, 2.05) is 73.9 Å². The van der Waals surface area contributed by atoms with E-state index in [9.17, 15) is 23.9 Å². The van der Waals surface area contributed by atoms with Gasteiger partial charge in [-0.25, -0.2) is 18.6 Å². The highest BCUT2D eigenvalue weighted by atomic mass is 19.1. The molecule has 10 heteroatoms. The van der Waals surface area contributed by atoms with Gasteiger partial charge in [-0.1, -0.05) is 81.4 Å². The third-order valence-electron chi connectivity index (χ3n) is 6.69. The van der Waals surface area contributed by atoms with Crippen LogP contribution in [0.15, 0.2) is 85.1 Å². The third-order valence-corrected chi connectivity index (χ3v) is 6.69. The van der Waals surface area contributed by atoms with Crippen LogP contribution in [0.5, 0.6) is 0 Å². The molecule has 3 N–H and O–H groups in total. The number of rotatable bonds is 11. The summed E-state index contributed by atoms with van der Waals surface area (Å²) in [7, 11) is 0. The van der Waals surface area contributed by atoms with Crippen LogP contribution in [-0.4, -0.2) is 50.2 Å². The van der Waals surface area contributed by atoms with E-state index in [-0.39, 0.29) is 24.4 Å². The fourth-order valence-electron chi connectivity index (χ4n) is 4.56. The predicted octanol–water partition coefficient (Wildman–Crippen LogP) is 5.94. The van der Waals surface area contributed by atoms with Crippen LogP contribution in [0.2, 0.25) is 0 Å². The first-order chi connectivity index (χ1) is 20.0. The molecule has 0 saturated carbocycles. The monoisotopic (exact) mass is 578 g/mol. The predicted molar refractivity (Wildman–Crippen MR) is 154 cm³/mol. The van der Waals surface area contributed by atoms with Crippen LogP contribution in [-0.2, 0) is 17.9 Å². The zero-order chi connectivity index (χ0) is 30.3. The van der Waals surface area contributed by atoms with Crippen molar-refractivity contribution >= 4 is 6.09 Å². The molecule has 8 nitrogen and oxygen atoms in total. The van der Waals surface area contributed by atoms with E-state index in [1.165, 1.54) is 0 Å². The van der Waals surface area contributed by atoms with Crippen molar-refractivity contribution in [1.29, 1.82) is 0 Å². The van der Waals surface area contributed by atoms with Crippen molar-refractivity contribution in [2.45, 2.75) is 46.1 Å². The molecule has 1 heterocycles. The van der Waals surface area contributed by atoms with Crippen LogP contribution in [0.25, 0.3) is 11.3 Å². The first-order valence-electron chi connectivity index (χ1n) is 13.7. The Hall–Kier alpha value is -4.12. The molecule has 0 fully saturated rings. The molecule has 0 bridgehead atoms. The zero-order valence-corrected chi connectivity index (χ0v) is 23.9. The van der Waals surface area contributed by atoms with E-state index in [2.05, 4.69) is 5.32 Å². The first-order valence-corrected chi connectivity index (χ1v) is 13.7. The number of nitrogens with zero attached hydrogens (tertiary/aromatic N) is 3. The maximum absolute atomic E-state index is 14.7. The Balaban J connectivity index is 1.51. The van der Waals surface area contributed by atoms with Crippen LogP contribution >= 0.6 is 0 Å². The maximum atomic E-state index is 14.7. The van der Waals surface area contributed by atoms with Crippen LogP contribution in [0.1, 0.15) is 43.8 Å². The summed E-state index contributed by atoms with van der Waals surface area (Å²) in [6.07, 6.45) is -0.442. The second-order valence-electron chi connectivity index (χ2n) is 11.2. The van der Waals surface area contributed by atoms with Gasteiger partial charge in [0.15, 0.2) is 0 Å². The summed E-state index contributed by atoms with van der Waals surface area (Å²) < 4.78 is 35.7. The molecule has 42 heavy (non-hydrogen) atoms. The van der Waals surface area contributed by atoms with Crippen molar-refractivity contribution in [3.63, 3.8) is 0 Å². The summed E-state index contributed by atoms with van der Waals surface area (Å²) in [6, 6.07) is 21.5. The highest BCUT2D eigenvalue weighted by Gasteiger charge is 2.32. The number of aromatic nitrogens is 2. The van der Waals surface area contributed by atoms with Gasteiger partial charge >= 0.3 is 6.09 Å². The molecule has 0 aliphatic rings. The Bertz CT molecular complexity index is 1460. The molecule has 0 aliphatic carbocycles. The van der Waals surface area contributed by atoms with Gasteiger partial charge in [-0.2, -0.15) is 5.06 Å². The summed E-state index contributed by atoms with van der Waals surface area (Å²) in [6.45, 7) is 5.97. The molecule has 2 atom stereocenters. The lowest BCUT2D eigenvalue weighted by molar-refractivity contribution is -0.0957. The fourth-order valence-corrected chi connectivity index (χ4v) is 4.56. The van der Waals surface area contributed by atoms with E-state index < -0.39 is 41.8 Å². The first kappa shape index (κ1) is 30.8. The summed E-state index contributed by atoms with van der Waals surface area (Å²) in [5, 5.41) is 24.5. The van der Waals surface area contributed by atoms with E-state index in [0.29, 0.717) is 17.4 Å². The lowest BCUT2D eigenvalue weighted by Gasteiger charge is -2.32. The molecular formula is C32H36F2N4O4. The highest BCUT2D eigenvalue weighted by molar-refractivity contribution is 5.66. The van der Waals surface area contributed by atoms with E-state index >= 15 is 0 Å². The van der Waals surface area contributed by atoms with Gasteiger partial charge < -0.3 is 19.7 Å². The van der Waals surface area contributed by atoms with E-state index in [4.69, 9.17) is 9.72 Å². The molecule has 4 rings (SSSR count). The number of carbonyl (C=O) groups excluding carboxylic acids is 1. The number of hydrogen-bond acceptors (Lipinski definition) is 6. The standard InChI is InChI=1S/C32H36F2N4O4/c1-32(2,3)29(35-17-25(39)19-38(41)31(40)42-21-23-12-8-5-9-13-23)30-36-28(26-16-24(33)14-15-27(26)34)20-37(30)18-22-10-6-4-7-11-22/h4-16,20,25,29,35,39,41H,17-19,21H2,1-3H3/t25-,29+/m1/s1. The van der Waals surface area contributed by atoms with Crippen LogP contribution in [0, 0.1) is 17.0 Å². The Morgan fingerprint density at radius 3 is 2.31 bits per heavy atom. The number of hydrogen-bond donors (Lipinski definition) is 3. The number of imidazole rings is 1. The van der Waals surface area contributed by atoms with Gasteiger partial charge in [0.2, 0.25) is 0 Å². The van der Waals surface area contributed by atoms with Crippen molar-refractivity contribution in [1.82, 2.24) is 19.9 Å². The Kier molecular flexibility index (Phi) is 10.1. The molecule has 0 spiro atoms. The molecule has 0 saturated heterocycles. The second kappa shape index (κ2) is 13.7. The van der Waals surface area contributed by atoms with Gasteiger partial charge in [-0.3, -0.25) is 5.21 Å². The number of amides is 1. The lowest BCUT2D eigenvalue weighted by Crippen LogP contribution is -2.43. The zero-order valence-electron chi connectivity index (χ0n) is 23.9. The molecule has 222 valence electrons. The second-order valence-corrected chi connectivity index (χ2v) is 11.2. The number of carbonyl (C=O) groups is 1. The van der Waals surface area contributed by atoms with Crippen LogP contribution in [0.3, 0.4) is 0 Å². The summed E-state index contributed by atoms with van der Waals surface area (Å²) in [4.78, 5) is 17.0. The minimum atomic E-state index is -1.15. The highest BCUT2D eigenvalue weighted by Crippen LogP contribution is 2.35. The molecular weight excluding hydrogens is 542 g/mol.